The molecule has 2 N–H and O–H groups in total. The molecule has 0 aromatic rings. The molecule has 0 bridgehead atoms. The van der Waals surface area contributed by atoms with Gasteiger partial charge < -0.3 is 15.2 Å². The minimum Gasteiger partial charge on any atom is -0.480 e. The van der Waals surface area contributed by atoms with E-state index in [2.05, 4.69) is 5.32 Å². The highest BCUT2D eigenvalue weighted by Gasteiger charge is 2.19. The molecule has 0 saturated heterocycles. The number of nitrogens with one attached hydrogen (secondary N) is 1. The molecule has 0 spiro atoms. The van der Waals surface area contributed by atoms with Crippen molar-refractivity contribution in [2.24, 2.45) is 5.92 Å². The summed E-state index contributed by atoms with van der Waals surface area (Å²) < 4.78 is 4.80. The van der Waals surface area contributed by atoms with Crippen molar-refractivity contribution in [3.63, 3.8) is 0 Å². The topological polar surface area (TPSA) is 58.6 Å². The Balaban J connectivity index is 3.72. The molecule has 0 aliphatic carbocycles. The molecule has 0 radical (unpaired) electrons. The molecule has 1 atom stereocenters. The minimum atomic E-state index is -0.805. The van der Waals surface area contributed by atoms with Crippen LogP contribution in [0.25, 0.3) is 0 Å². The second-order valence-electron chi connectivity index (χ2n) is 3.01. The Morgan fingerprint density at radius 2 is 2.17 bits per heavy atom. The summed E-state index contributed by atoms with van der Waals surface area (Å²) in [5.74, 6) is -0.708. The van der Waals surface area contributed by atoms with Crippen LogP contribution in [0.1, 0.15) is 13.8 Å². The molecule has 0 aromatic heterocycles. The zero-order valence-electron chi connectivity index (χ0n) is 7.83. The molecule has 0 rings (SSSR count). The van der Waals surface area contributed by atoms with Crippen LogP contribution in [0.15, 0.2) is 0 Å². The number of carbonyl (C=O) groups is 1. The molecule has 4 heteroatoms. The van der Waals surface area contributed by atoms with Crippen molar-refractivity contribution in [3.05, 3.63) is 0 Å². The van der Waals surface area contributed by atoms with Crippen molar-refractivity contribution in [1.82, 2.24) is 5.32 Å². The first-order valence-corrected chi connectivity index (χ1v) is 4.04. The van der Waals surface area contributed by atoms with Crippen LogP contribution in [-0.2, 0) is 9.53 Å². The fraction of sp³-hybridized carbons (Fsp3) is 0.875. The van der Waals surface area contributed by atoms with Gasteiger partial charge in [-0.15, -0.1) is 0 Å². The highest BCUT2D eigenvalue weighted by molar-refractivity contribution is 5.73. The van der Waals surface area contributed by atoms with Crippen molar-refractivity contribution < 1.29 is 14.6 Å². The molecule has 4 nitrogen and oxygen atoms in total. The molecule has 0 saturated carbocycles. The van der Waals surface area contributed by atoms with Gasteiger partial charge in [-0.2, -0.15) is 0 Å². The first-order chi connectivity index (χ1) is 5.59. The number of methoxy groups -OCH3 is 1. The minimum absolute atomic E-state index is 0.0966. The van der Waals surface area contributed by atoms with E-state index < -0.39 is 12.0 Å². The fourth-order valence-corrected chi connectivity index (χ4v) is 0.925. The number of rotatable bonds is 6. The van der Waals surface area contributed by atoms with Crippen molar-refractivity contribution in [2.45, 2.75) is 19.9 Å². The smallest absolute Gasteiger partial charge is 0.320 e. The Hall–Kier alpha value is -0.610. The number of ether oxygens (including phenoxy) is 1. The van der Waals surface area contributed by atoms with E-state index in [1.807, 2.05) is 13.8 Å². The van der Waals surface area contributed by atoms with Gasteiger partial charge in [0, 0.05) is 13.7 Å². The van der Waals surface area contributed by atoms with Crippen LogP contribution >= 0.6 is 0 Å². The van der Waals surface area contributed by atoms with E-state index in [9.17, 15) is 4.79 Å². The zero-order valence-corrected chi connectivity index (χ0v) is 7.83. The lowest BCUT2D eigenvalue weighted by molar-refractivity contribution is -0.140. The van der Waals surface area contributed by atoms with E-state index >= 15 is 0 Å². The van der Waals surface area contributed by atoms with Gasteiger partial charge in [0.2, 0.25) is 0 Å². The summed E-state index contributed by atoms with van der Waals surface area (Å²) in [6.07, 6.45) is 0. The Morgan fingerprint density at radius 3 is 2.50 bits per heavy atom. The monoisotopic (exact) mass is 175 g/mol. The quantitative estimate of drug-likeness (QED) is 0.571. The van der Waals surface area contributed by atoms with Gasteiger partial charge in [-0.3, -0.25) is 4.79 Å². The molecule has 0 fully saturated rings. The Bertz CT molecular complexity index is 136. The van der Waals surface area contributed by atoms with Crippen molar-refractivity contribution in [1.29, 1.82) is 0 Å². The fourth-order valence-electron chi connectivity index (χ4n) is 0.925. The van der Waals surface area contributed by atoms with E-state index in [1.54, 1.807) is 7.11 Å². The molecule has 1 unspecified atom stereocenters. The average Bonchev–Trinajstić information content (AvgIpc) is 1.96. The van der Waals surface area contributed by atoms with Gasteiger partial charge in [-0.25, -0.2) is 0 Å². The number of hydrogen-bond donors (Lipinski definition) is 2. The largest absolute Gasteiger partial charge is 0.480 e. The first kappa shape index (κ1) is 11.4. The third kappa shape index (κ3) is 4.31. The van der Waals surface area contributed by atoms with Crippen LogP contribution in [0, 0.1) is 5.92 Å². The van der Waals surface area contributed by atoms with Crippen LogP contribution in [0.5, 0.6) is 0 Å². The molecular formula is C8H17NO3. The second-order valence-corrected chi connectivity index (χ2v) is 3.01. The summed E-state index contributed by atoms with van der Waals surface area (Å²) in [5, 5.41) is 11.6. The van der Waals surface area contributed by atoms with Gasteiger partial charge in [-0.1, -0.05) is 13.8 Å². The summed E-state index contributed by atoms with van der Waals surface area (Å²) in [4.78, 5) is 10.6. The maximum atomic E-state index is 10.6. The lowest BCUT2D eigenvalue weighted by Crippen LogP contribution is -2.42. The third-order valence-electron chi connectivity index (χ3n) is 1.60. The molecule has 0 amide bonds. The standard InChI is InChI=1S/C8H17NO3/c1-6(2)7(8(10)11)9-4-5-12-3/h6-7,9H,4-5H2,1-3H3,(H,10,11). The Labute approximate surface area is 72.9 Å². The van der Waals surface area contributed by atoms with E-state index in [-0.39, 0.29) is 5.92 Å². The van der Waals surface area contributed by atoms with Gasteiger partial charge in [0.1, 0.15) is 6.04 Å². The van der Waals surface area contributed by atoms with Crippen LogP contribution < -0.4 is 5.32 Å². The maximum Gasteiger partial charge on any atom is 0.320 e. The van der Waals surface area contributed by atoms with Crippen LogP contribution in [-0.4, -0.2) is 37.4 Å². The Kier molecular flexibility index (Phi) is 5.66. The summed E-state index contributed by atoms with van der Waals surface area (Å²) >= 11 is 0. The molecule has 0 aliphatic rings. The molecular weight excluding hydrogens is 158 g/mol. The van der Waals surface area contributed by atoms with Crippen LogP contribution in [0.4, 0.5) is 0 Å². The lowest BCUT2D eigenvalue weighted by atomic mass is 10.1. The van der Waals surface area contributed by atoms with Gasteiger partial charge in [0.05, 0.1) is 6.61 Å². The first-order valence-electron chi connectivity index (χ1n) is 4.04. The molecule has 72 valence electrons. The van der Waals surface area contributed by atoms with E-state index in [1.165, 1.54) is 0 Å². The van der Waals surface area contributed by atoms with E-state index in [4.69, 9.17) is 9.84 Å². The van der Waals surface area contributed by atoms with Crippen LogP contribution in [0.2, 0.25) is 0 Å². The summed E-state index contributed by atoms with van der Waals surface area (Å²) in [6, 6.07) is -0.472. The van der Waals surface area contributed by atoms with Gasteiger partial charge in [0.25, 0.3) is 0 Å². The lowest BCUT2D eigenvalue weighted by Gasteiger charge is -2.17. The highest BCUT2D eigenvalue weighted by Crippen LogP contribution is 2.00. The Morgan fingerprint density at radius 1 is 1.58 bits per heavy atom. The normalized spacial score (nSPS) is 13.3. The number of hydrogen-bond acceptors (Lipinski definition) is 3. The highest BCUT2D eigenvalue weighted by atomic mass is 16.5. The number of carboxylic acids is 1. The third-order valence-corrected chi connectivity index (χ3v) is 1.60. The summed E-state index contributed by atoms with van der Waals surface area (Å²) in [5.41, 5.74) is 0. The molecule has 0 heterocycles. The van der Waals surface area contributed by atoms with Crippen molar-refractivity contribution >= 4 is 5.97 Å². The van der Waals surface area contributed by atoms with E-state index in [0.29, 0.717) is 13.2 Å². The molecule has 0 aromatic carbocycles. The molecule has 12 heavy (non-hydrogen) atoms. The SMILES string of the molecule is COCCNC(C(=O)O)C(C)C. The van der Waals surface area contributed by atoms with Gasteiger partial charge in [0.15, 0.2) is 0 Å². The predicted octanol–water partition coefficient (Wildman–Crippen LogP) is 0.332. The number of carboxylic acid groups (broad SMARTS) is 1. The average molecular weight is 175 g/mol. The number of aliphatic carboxylic acids is 1. The van der Waals surface area contributed by atoms with Crippen molar-refractivity contribution in [2.75, 3.05) is 20.3 Å². The predicted molar refractivity (Wildman–Crippen MR) is 46.1 cm³/mol. The summed E-state index contributed by atoms with van der Waals surface area (Å²) in [6.45, 7) is 4.86. The maximum absolute atomic E-state index is 10.6. The van der Waals surface area contributed by atoms with Gasteiger partial charge in [-0.05, 0) is 5.92 Å². The van der Waals surface area contributed by atoms with Gasteiger partial charge >= 0.3 is 5.97 Å². The molecule has 0 aliphatic heterocycles. The second kappa shape index (κ2) is 5.97. The van der Waals surface area contributed by atoms with Crippen LogP contribution in [0.3, 0.4) is 0 Å². The summed E-state index contributed by atoms with van der Waals surface area (Å²) in [7, 11) is 1.59. The van der Waals surface area contributed by atoms with E-state index in [0.717, 1.165) is 0 Å². The van der Waals surface area contributed by atoms with Crippen molar-refractivity contribution in [3.8, 4) is 0 Å². The zero-order chi connectivity index (χ0) is 9.56.